The van der Waals surface area contributed by atoms with Gasteiger partial charge < -0.3 is 21.1 Å². The molecule has 0 saturated carbocycles. The van der Waals surface area contributed by atoms with Crippen LogP contribution < -0.4 is 21.1 Å². The fraction of sp³-hybridized carbons (Fsp3) is 0.385. The van der Waals surface area contributed by atoms with Crippen molar-refractivity contribution in [1.82, 2.24) is 0 Å². The summed E-state index contributed by atoms with van der Waals surface area (Å²) in [5.74, 6) is 0.126. The minimum Gasteiger partial charge on any atom is -0.494 e. The Morgan fingerprint density at radius 1 is 1.35 bits per heavy atom. The Kier molecular flexibility index (Phi) is 7.64. The van der Waals surface area contributed by atoms with Gasteiger partial charge in [-0.2, -0.15) is 0 Å². The minimum absolute atomic E-state index is 0. The largest absolute Gasteiger partial charge is 0.494 e. The first kappa shape index (κ1) is 18.2. The van der Waals surface area contributed by atoms with Crippen LogP contribution in [0.3, 0.4) is 0 Å². The standard InChI is InChI=1S/C13H19N3O3.ClH/c1-8(14)6-13(18)16-11-5-4-10(15-9(2)17)7-12(11)19-3;/h4-5,7-8H,6,14H2,1-3H3,(H,15,17)(H,16,18);1H. The zero-order chi connectivity index (χ0) is 14.4. The molecule has 1 aromatic carbocycles. The van der Waals surface area contributed by atoms with E-state index in [-0.39, 0.29) is 36.7 Å². The summed E-state index contributed by atoms with van der Waals surface area (Å²) in [4.78, 5) is 22.6. The molecule has 6 nitrogen and oxygen atoms in total. The van der Waals surface area contributed by atoms with Crippen LogP contribution in [0.25, 0.3) is 0 Å². The van der Waals surface area contributed by atoms with Crippen LogP contribution in [0.1, 0.15) is 20.3 Å². The van der Waals surface area contributed by atoms with Crippen LogP contribution >= 0.6 is 12.4 Å². The predicted molar refractivity (Wildman–Crippen MR) is 81.4 cm³/mol. The third kappa shape index (κ3) is 5.90. The molecule has 0 fully saturated rings. The normalized spacial score (nSPS) is 11.0. The zero-order valence-electron chi connectivity index (χ0n) is 11.7. The van der Waals surface area contributed by atoms with E-state index in [1.807, 2.05) is 0 Å². The maximum Gasteiger partial charge on any atom is 0.226 e. The quantitative estimate of drug-likeness (QED) is 0.772. The predicted octanol–water partition coefficient (Wildman–Crippen LogP) is 1.75. The molecule has 1 unspecified atom stereocenters. The van der Waals surface area contributed by atoms with Gasteiger partial charge in [0.05, 0.1) is 12.8 Å². The Labute approximate surface area is 124 Å². The number of halogens is 1. The number of ether oxygens (including phenoxy) is 1. The molecule has 4 N–H and O–H groups in total. The summed E-state index contributed by atoms with van der Waals surface area (Å²) in [6.45, 7) is 3.18. The number of hydrogen-bond acceptors (Lipinski definition) is 4. The summed E-state index contributed by atoms with van der Waals surface area (Å²) in [6.07, 6.45) is 0.233. The fourth-order valence-corrected chi connectivity index (χ4v) is 1.57. The monoisotopic (exact) mass is 301 g/mol. The molecule has 0 aromatic heterocycles. The second-order valence-corrected chi connectivity index (χ2v) is 4.33. The van der Waals surface area contributed by atoms with E-state index in [0.717, 1.165) is 0 Å². The molecule has 0 aliphatic carbocycles. The van der Waals surface area contributed by atoms with Gasteiger partial charge in [0, 0.05) is 31.1 Å². The van der Waals surface area contributed by atoms with Crippen LogP contribution in [0, 0.1) is 0 Å². The maximum absolute atomic E-state index is 11.6. The van der Waals surface area contributed by atoms with Gasteiger partial charge >= 0.3 is 0 Å². The first-order valence-corrected chi connectivity index (χ1v) is 5.93. The molecule has 112 valence electrons. The third-order valence-electron chi connectivity index (χ3n) is 2.30. The molecule has 0 aliphatic heterocycles. The molecule has 20 heavy (non-hydrogen) atoms. The highest BCUT2D eigenvalue weighted by Crippen LogP contribution is 2.28. The number of nitrogens with one attached hydrogen (secondary N) is 2. The number of anilines is 2. The number of benzene rings is 1. The van der Waals surface area contributed by atoms with Gasteiger partial charge in [-0.15, -0.1) is 12.4 Å². The maximum atomic E-state index is 11.6. The van der Waals surface area contributed by atoms with E-state index in [1.54, 1.807) is 25.1 Å². The van der Waals surface area contributed by atoms with Crippen LogP contribution in [-0.2, 0) is 9.59 Å². The topological polar surface area (TPSA) is 93.5 Å². The summed E-state index contributed by atoms with van der Waals surface area (Å²) in [7, 11) is 1.49. The average molecular weight is 302 g/mol. The molecule has 7 heteroatoms. The van der Waals surface area contributed by atoms with E-state index < -0.39 is 0 Å². The van der Waals surface area contributed by atoms with E-state index in [0.29, 0.717) is 17.1 Å². The van der Waals surface area contributed by atoms with Crippen molar-refractivity contribution in [2.75, 3.05) is 17.7 Å². The molecule has 0 radical (unpaired) electrons. The summed E-state index contributed by atoms with van der Waals surface area (Å²) in [6, 6.07) is 4.79. The number of carbonyl (C=O) groups excluding carboxylic acids is 2. The van der Waals surface area contributed by atoms with Crippen molar-refractivity contribution in [3.8, 4) is 5.75 Å². The van der Waals surface area contributed by atoms with Crippen LogP contribution in [0.5, 0.6) is 5.75 Å². The van der Waals surface area contributed by atoms with Gasteiger partial charge in [0.1, 0.15) is 5.75 Å². The first-order valence-electron chi connectivity index (χ1n) is 5.93. The lowest BCUT2D eigenvalue weighted by Gasteiger charge is -2.13. The molecule has 0 saturated heterocycles. The zero-order valence-corrected chi connectivity index (χ0v) is 12.5. The molecular weight excluding hydrogens is 282 g/mol. The molecule has 0 heterocycles. The molecule has 1 rings (SSSR count). The van der Waals surface area contributed by atoms with E-state index in [2.05, 4.69) is 10.6 Å². The SMILES string of the molecule is COc1cc(NC(C)=O)ccc1NC(=O)CC(C)N.Cl. The average Bonchev–Trinajstić information content (AvgIpc) is 2.29. The van der Waals surface area contributed by atoms with Gasteiger partial charge in [-0.3, -0.25) is 9.59 Å². The molecule has 0 bridgehead atoms. The van der Waals surface area contributed by atoms with Gasteiger partial charge in [-0.05, 0) is 19.1 Å². The second kappa shape index (κ2) is 8.39. The lowest BCUT2D eigenvalue weighted by atomic mass is 10.2. The minimum atomic E-state index is -0.204. The highest BCUT2D eigenvalue weighted by atomic mass is 35.5. The number of methoxy groups -OCH3 is 1. The molecular formula is C13H20ClN3O3. The lowest BCUT2D eigenvalue weighted by molar-refractivity contribution is -0.116. The second-order valence-electron chi connectivity index (χ2n) is 4.33. The van der Waals surface area contributed by atoms with Gasteiger partial charge in [0.25, 0.3) is 0 Å². The van der Waals surface area contributed by atoms with Crippen molar-refractivity contribution < 1.29 is 14.3 Å². The Morgan fingerprint density at radius 3 is 2.50 bits per heavy atom. The molecule has 2 amide bonds. The van der Waals surface area contributed by atoms with E-state index in [1.165, 1.54) is 14.0 Å². The third-order valence-corrected chi connectivity index (χ3v) is 2.30. The van der Waals surface area contributed by atoms with Gasteiger partial charge in [0.15, 0.2) is 0 Å². The van der Waals surface area contributed by atoms with E-state index in [4.69, 9.17) is 10.5 Å². The Morgan fingerprint density at radius 2 is 2.00 bits per heavy atom. The van der Waals surface area contributed by atoms with Crippen molar-refractivity contribution in [2.45, 2.75) is 26.3 Å². The number of carbonyl (C=O) groups is 2. The molecule has 1 atom stereocenters. The van der Waals surface area contributed by atoms with Crippen molar-refractivity contribution in [3.63, 3.8) is 0 Å². The van der Waals surface area contributed by atoms with Gasteiger partial charge in [0.2, 0.25) is 11.8 Å². The van der Waals surface area contributed by atoms with E-state index in [9.17, 15) is 9.59 Å². The van der Waals surface area contributed by atoms with Crippen molar-refractivity contribution >= 4 is 35.6 Å². The smallest absolute Gasteiger partial charge is 0.226 e. The van der Waals surface area contributed by atoms with Crippen LogP contribution in [0.15, 0.2) is 18.2 Å². The molecule has 0 spiro atoms. The summed E-state index contributed by atoms with van der Waals surface area (Å²) < 4.78 is 5.18. The van der Waals surface area contributed by atoms with Crippen molar-refractivity contribution in [1.29, 1.82) is 0 Å². The molecule has 1 aromatic rings. The van der Waals surface area contributed by atoms with Crippen LogP contribution in [0.2, 0.25) is 0 Å². The van der Waals surface area contributed by atoms with Crippen LogP contribution in [-0.4, -0.2) is 25.0 Å². The molecule has 0 aliphatic rings. The number of amides is 2. The number of hydrogen-bond donors (Lipinski definition) is 3. The van der Waals surface area contributed by atoms with Gasteiger partial charge in [-0.25, -0.2) is 0 Å². The van der Waals surface area contributed by atoms with Crippen molar-refractivity contribution in [2.24, 2.45) is 5.73 Å². The van der Waals surface area contributed by atoms with Gasteiger partial charge in [-0.1, -0.05) is 0 Å². The van der Waals surface area contributed by atoms with Crippen LogP contribution in [0.4, 0.5) is 11.4 Å². The fourth-order valence-electron chi connectivity index (χ4n) is 1.57. The number of nitrogens with two attached hydrogens (primary N) is 1. The summed E-state index contributed by atoms with van der Waals surface area (Å²) >= 11 is 0. The summed E-state index contributed by atoms with van der Waals surface area (Å²) in [5, 5.41) is 5.36. The van der Waals surface area contributed by atoms with Crippen molar-refractivity contribution in [3.05, 3.63) is 18.2 Å². The Balaban J connectivity index is 0.00000361. The van der Waals surface area contributed by atoms with E-state index >= 15 is 0 Å². The summed E-state index contributed by atoms with van der Waals surface area (Å²) in [5.41, 5.74) is 6.71. The Bertz CT molecular complexity index is 478. The number of rotatable bonds is 5. The highest BCUT2D eigenvalue weighted by molar-refractivity contribution is 5.94. The highest BCUT2D eigenvalue weighted by Gasteiger charge is 2.10. The Hall–Kier alpha value is -1.79. The first-order chi connectivity index (χ1) is 8.92. The lowest BCUT2D eigenvalue weighted by Crippen LogP contribution is -2.24.